The number of hydrogen-bond donors (Lipinski definition) is 2. The third-order valence-electron chi connectivity index (χ3n) is 6.27. The summed E-state index contributed by atoms with van der Waals surface area (Å²) in [7, 11) is 0. The molecule has 0 saturated carbocycles. The van der Waals surface area contributed by atoms with Gasteiger partial charge in [-0.3, -0.25) is 9.59 Å². The monoisotopic (exact) mass is 473 g/mol. The summed E-state index contributed by atoms with van der Waals surface area (Å²) in [5.41, 5.74) is 7.32. The van der Waals surface area contributed by atoms with Gasteiger partial charge in [0.15, 0.2) is 5.82 Å². The summed E-state index contributed by atoms with van der Waals surface area (Å²) in [4.78, 5) is 26.6. The molecule has 1 amide bonds. The number of likely N-dealkylation sites (tertiary alicyclic amines) is 1. The summed E-state index contributed by atoms with van der Waals surface area (Å²) in [5, 5.41) is 6.76. The first kappa shape index (κ1) is 22.4. The van der Waals surface area contributed by atoms with Crippen LogP contribution in [-0.2, 0) is 4.79 Å². The Bertz CT molecular complexity index is 1450. The van der Waals surface area contributed by atoms with E-state index in [-0.39, 0.29) is 36.8 Å². The molecule has 1 saturated heterocycles. The normalized spacial score (nSPS) is 17.9. The fraction of sp³-hybridized carbons (Fsp3) is 0.192. The lowest BCUT2D eigenvalue weighted by Gasteiger charge is -2.35. The van der Waals surface area contributed by atoms with Gasteiger partial charge in [-0.25, -0.2) is 9.49 Å². The molecule has 3 heterocycles. The Morgan fingerprint density at radius 1 is 1.17 bits per heavy atom. The van der Waals surface area contributed by atoms with Gasteiger partial charge in [0.25, 0.3) is 5.56 Å². The van der Waals surface area contributed by atoms with Gasteiger partial charge in [0.05, 0.1) is 11.4 Å². The highest BCUT2D eigenvalue weighted by atomic mass is 19.1. The maximum atomic E-state index is 15.1. The van der Waals surface area contributed by atoms with Gasteiger partial charge < -0.3 is 19.9 Å². The number of benzene rings is 2. The number of nitrogen functional groups attached to an aromatic ring is 1. The van der Waals surface area contributed by atoms with Crippen molar-refractivity contribution in [1.82, 2.24) is 19.7 Å². The Labute approximate surface area is 200 Å². The smallest absolute Gasteiger partial charge is 0.288 e. The van der Waals surface area contributed by atoms with Crippen LogP contribution in [0, 0.1) is 0 Å². The zero-order chi connectivity index (χ0) is 24.5. The molecule has 0 spiro atoms. The van der Waals surface area contributed by atoms with Crippen molar-refractivity contribution in [3.63, 3.8) is 0 Å². The average molecular weight is 474 g/mol. The van der Waals surface area contributed by atoms with Gasteiger partial charge >= 0.3 is 0 Å². The molecule has 9 heteroatoms. The Balaban J connectivity index is 1.57. The number of para-hydroxylation sites is 1. The number of nitrogens with two attached hydrogens (primary N) is 1. The van der Waals surface area contributed by atoms with Gasteiger partial charge in [-0.15, -0.1) is 0 Å². The van der Waals surface area contributed by atoms with Crippen molar-refractivity contribution in [3.8, 4) is 22.6 Å². The predicted molar refractivity (Wildman–Crippen MR) is 132 cm³/mol. The average Bonchev–Trinajstić information content (AvgIpc) is 3.29. The summed E-state index contributed by atoms with van der Waals surface area (Å²) >= 11 is 0. The third-order valence-corrected chi connectivity index (χ3v) is 6.27. The number of hydrogen-bond acceptors (Lipinski definition) is 5. The Morgan fingerprint density at radius 2 is 1.89 bits per heavy atom. The Hall–Kier alpha value is -4.40. The van der Waals surface area contributed by atoms with Crippen molar-refractivity contribution in [2.24, 2.45) is 0 Å². The number of aromatic amines is 1. The molecule has 2 aromatic carbocycles. The van der Waals surface area contributed by atoms with Crippen LogP contribution in [0.15, 0.2) is 78.2 Å². The molecule has 1 aliphatic rings. The zero-order valence-electron chi connectivity index (χ0n) is 18.9. The minimum absolute atomic E-state index is 0.112. The number of rotatable bonds is 5. The standard InChI is InChI=1S/C26H24FN5O3/c1-2-22(33)31-13-12-20(27)21(15-31)32-14-19(23-24(32)26(34)30-29-25(23)28)16-8-10-18(11-9-16)35-17-6-4-3-5-7-17/h2-11,14,20-21H,1,12-13,15H2,(H2,28,29)(H,30,34). The highest BCUT2D eigenvalue weighted by Gasteiger charge is 2.34. The molecular formula is C26H24FN5O3. The molecule has 3 N–H and O–H groups in total. The molecule has 1 fully saturated rings. The number of carbonyl (C=O) groups excluding carboxylic acids is 1. The lowest BCUT2D eigenvalue weighted by Crippen LogP contribution is -2.45. The zero-order valence-corrected chi connectivity index (χ0v) is 18.9. The van der Waals surface area contributed by atoms with E-state index in [2.05, 4.69) is 16.8 Å². The lowest BCUT2D eigenvalue weighted by atomic mass is 10.0. The van der Waals surface area contributed by atoms with Crippen LogP contribution in [-0.4, -0.2) is 44.8 Å². The molecule has 4 aromatic rings. The molecule has 5 rings (SSSR count). The SMILES string of the molecule is C=CC(=O)N1CCC(F)C(n2cc(-c3ccc(Oc4ccccc4)cc3)c3c(N)n[nH]c(=O)c32)C1. The molecule has 8 nitrogen and oxygen atoms in total. The fourth-order valence-corrected chi connectivity index (χ4v) is 4.54. The number of amides is 1. The first-order valence-electron chi connectivity index (χ1n) is 11.2. The van der Waals surface area contributed by atoms with Gasteiger partial charge in [0, 0.05) is 24.8 Å². The van der Waals surface area contributed by atoms with Crippen LogP contribution in [0.1, 0.15) is 12.5 Å². The van der Waals surface area contributed by atoms with Crippen LogP contribution >= 0.6 is 0 Å². The summed E-state index contributed by atoms with van der Waals surface area (Å²) in [6.45, 7) is 3.92. The molecule has 2 atom stereocenters. The van der Waals surface area contributed by atoms with Crippen LogP contribution in [0.5, 0.6) is 11.5 Å². The highest BCUT2D eigenvalue weighted by molar-refractivity contribution is 6.02. The number of alkyl halides is 1. The second-order valence-corrected chi connectivity index (χ2v) is 8.41. The first-order chi connectivity index (χ1) is 17.0. The summed E-state index contributed by atoms with van der Waals surface area (Å²) in [6, 6.07) is 16.0. The van der Waals surface area contributed by atoms with Gasteiger partial charge in [-0.05, 0) is 42.3 Å². The van der Waals surface area contributed by atoms with Crippen molar-refractivity contribution in [3.05, 3.63) is 83.8 Å². The summed E-state index contributed by atoms with van der Waals surface area (Å²) in [6.07, 6.45) is 1.83. The molecule has 0 aliphatic carbocycles. The van der Waals surface area contributed by atoms with Crippen LogP contribution in [0.2, 0.25) is 0 Å². The number of piperidine rings is 1. The molecule has 178 valence electrons. The van der Waals surface area contributed by atoms with Crippen LogP contribution in [0.25, 0.3) is 22.0 Å². The number of aromatic nitrogens is 3. The van der Waals surface area contributed by atoms with Crippen molar-refractivity contribution in [2.75, 3.05) is 18.8 Å². The van der Waals surface area contributed by atoms with Crippen molar-refractivity contribution in [1.29, 1.82) is 0 Å². The van der Waals surface area contributed by atoms with Gasteiger partial charge in [-0.2, -0.15) is 5.10 Å². The number of nitrogens with zero attached hydrogens (tertiary/aromatic N) is 3. The summed E-state index contributed by atoms with van der Waals surface area (Å²) < 4.78 is 22.6. The number of nitrogens with one attached hydrogen (secondary N) is 1. The number of anilines is 1. The number of H-pyrrole nitrogens is 1. The van der Waals surface area contributed by atoms with E-state index in [9.17, 15) is 9.59 Å². The summed E-state index contributed by atoms with van der Waals surface area (Å²) in [5.74, 6) is 1.20. The van der Waals surface area contributed by atoms with Crippen molar-refractivity contribution in [2.45, 2.75) is 18.6 Å². The minimum Gasteiger partial charge on any atom is -0.457 e. The number of ether oxygens (including phenoxy) is 1. The van der Waals surface area contributed by atoms with E-state index < -0.39 is 17.8 Å². The molecule has 2 aromatic heterocycles. The number of fused-ring (bicyclic) bond motifs is 1. The molecule has 0 bridgehead atoms. The second-order valence-electron chi connectivity index (χ2n) is 8.41. The van der Waals surface area contributed by atoms with E-state index in [1.807, 2.05) is 54.6 Å². The van der Waals surface area contributed by atoms with Crippen molar-refractivity contribution < 1.29 is 13.9 Å². The second kappa shape index (κ2) is 9.09. The van der Waals surface area contributed by atoms with Crippen LogP contribution < -0.4 is 16.0 Å². The van der Waals surface area contributed by atoms with E-state index in [0.717, 1.165) is 5.56 Å². The molecule has 35 heavy (non-hydrogen) atoms. The maximum Gasteiger partial charge on any atom is 0.288 e. The predicted octanol–water partition coefficient (Wildman–Crippen LogP) is 4.06. The van der Waals surface area contributed by atoms with Crippen LogP contribution in [0.4, 0.5) is 10.2 Å². The topological polar surface area (TPSA) is 106 Å². The molecule has 2 unspecified atom stereocenters. The van der Waals surface area contributed by atoms with E-state index in [1.165, 1.54) is 11.0 Å². The molecule has 1 aliphatic heterocycles. The largest absolute Gasteiger partial charge is 0.457 e. The third kappa shape index (κ3) is 4.16. The van der Waals surface area contributed by atoms with E-state index in [1.54, 1.807) is 10.8 Å². The van der Waals surface area contributed by atoms with Gasteiger partial charge in [-0.1, -0.05) is 36.9 Å². The van der Waals surface area contributed by atoms with E-state index in [0.29, 0.717) is 22.4 Å². The maximum absolute atomic E-state index is 15.1. The molecular weight excluding hydrogens is 449 g/mol. The Kier molecular flexibility index (Phi) is 5.82. The van der Waals surface area contributed by atoms with Crippen molar-refractivity contribution >= 4 is 22.6 Å². The van der Waals surface area contributed by atoms with Gasteiger partial charge in [0.2, 0.25) is 5.91 Å². The van der Waals surface area contributed by atoms with Gasteiger partial charge in [0.1, 0.15) is 23.2 Å². The first-order valence-corrected chi connectivity index (χ1v) is 11.2. The molecule has 0 radical (unpaired) electrons. The number of carbonyl (C=O) groups is 1. The lowest BCUT2D eigenvalue weighted by molar-refractivity contribution is -0.128. The highest BCUT2D eigenvalue weighted by Crippen LogP contribution is 2.37. The van der Waals surface area contributed by atoms with E-state index in [4.69, 9.17) is 10.5 Å². The Morgan fingerprint density at radius 3 is 2.60 bits per heavy atom. The van der Waals surface area contributed by atoms with E-state index >= 15 is 4.39 Å². The van der Waals surface area contributed by atoms with Crippen LogP contribution in [0.3, 0.4) is 0 Å². The minimum atomic E-state index is -1.25. The quantitative estimate of drug-likeness (QED) is 0.425. The number of halogens is 1. The fourth-order valence-electron chi connectivity index (χ4n) is 4.54.